The summed E-state index contributed by atoms with van der Waals surface area (Å²) in [5, 5.41) is 2.98. The van der Waals surface area contributed by atoms with Crippen LogP contribution in [0.3, 0.4) is 0 Å². The first-order valence-corrected chi connectivity index (χ1v) is 14.5. The highest BCUT2D eigenvalue weighted by molar-refractivity contribution is 7.92. The van der Waals surface area contributed by atoms with E-state index in [1.807, 2.05) is 52.0 Å². The molecular weight excluding hydrogens is 506 g/mol. The molecule has 210 valence electrons. The lowest BCUT2D eigenvalue weighted by Gasteiger charge is -2.33. The van der Waals surface area contributed by atoms with Crippen molar-refractivity contribution in [3.8, 4) is 11.5 Å². The zero-order valence-corrected chi connectivity index (χ0v) is 24.3. The van der Waals surface area contributed by atoms with Crippen LogP contribution >= 0.6 is 0 Å². The van der Waals surface area contributed by atoms with Gasteiger partial charge in [0.25, 0.3) is 0 Å². The quantitative estimate of drug-likeness (QED) is 0.407. The molecule has 38 heavy (non-hydrogen) atoms. The minimum absolute atomic E-state index is 0.0687. The van der Waals surface area contributed by atoms with Gasteiger partial charge in [0, 0.05) is 31.1 Å². The number of nitrogens with zero attached hydrogens (tertiary/aromatic N) is 2. The molecule has 0 saturated heterocycles. The van der Waals surface area contributed by atoms with Crippen molar-refractivity contribution in [2.45, 2.75) is 65.1 Å². The van der Waals surface area contributed by atoms with Crippen LogP contribution in [0.1, 0.15) is 52.5 Å². The SMILES string of the molecule is CCC(C(=O)NC(C)(C)C)N(Cc1cccc(OC)c1)C(=O)CCCN(c1cccc(OC)c1)S(C)(=O)=O. The second-order valence-corrected chi connectivity index (χ2v) is 12.1. The van der Waals surface area contributed by atoms with Gasteiger partial charge in [0.15, 0.2) is 0 Å². The molecule has 10 heteroatoms. The van der Waals surface area contributed by atoms with Gasteiger partial charge in [-0.1, -0.05) is 25.1 Å². The molecule has 0 bridgehead atoms. The number of carbonyl (C=O) groups is 2. The molecule has 1 atom stereocenters. The van der Waals surface area contributed by atoms with Gasteiger partial charge in [0.2, 0.25) is 21.8 Å². The largest absolute Gasteiger partial charge is 0.497 e. The van der Waals surface area contributed by atoms with E-state index in [2.05, 4.69) is 5.32 Å². The summed E-state index contributed by atoms with van der Waals surface area (Å²) in [5.41, 5.74) is 0.833. The van der Waals surface area contributed by atoms with Crippen LogP contribution in [-0.4, -0.2) is 63.7 Å². The zero-order valence-electron chi connectivity index (χ0n) is 23.5. The Kier molecular flexibility index (Phi) is 11.0. The summed E-state index contributed by atoms with van der Waals surface area (Å²) in [6.45, 7) is 7.87. The molecule has 0 aliphatic rings. The number of methoxy groups -OCH3 is 2. The Bertz CT molecular complexity index is 1190. The van der Waals surface area contributed by atoms with Gasteiger partial charge in [-0.2, -0.15) is 0 Å². The van der Waals surface area contributed by atoms with Crippen LogP contribution in [0.4, 0.5) is 5.69 Å². The topological polar surface area (TPSA) is 105 Å². The monoisotopic (exact) mass is 547 g/mol. The van der Waals surface area contributed by atoms with Crippen LogP contribution in [0, 0.1) is 0 Å². The molecule has 2 rings (SSSR count). The van der Waals surface area contributed by atoms with E-state index in [-0.39, 0.29) is 37.7 Å². The summed E-state index contributed by atoms with van der Waals surface area (Å²) in [4.78, 5) is 28.3. The Morgan fingerprint density at radius 1 is 1.00 bits per heavy atom. The number of benzene rings is 2. The average molecular weight is 548 g/mol. The second kappa shape index (κ2) is 13.5. The van der Waals surface area contributed by atoms with Gasteiger partial charge in [-0.3, -0.25) is 13.9 Å². The Labute approximate surface area is 227 Å². The lowest BCUT2D eigenvalue weighted by Crippen LogP contribution is -2.53. The van der Waals surface area contributed by atoms with E-state index in [9.17, 15) is 18.0 Å². The number of ether oxygens (including phenoxy) is 2. The van der Waals surface area contributed by atoms with Gasteiger partial charge in [0.05, 0.1) is 26.2 Å². The van der Waals surface area contributed by atoms with Gasteiger partial charge in [0.1, 0.15) is 17.5 Å². The van der Waals surface area contributed by atoms with Crippen molar-refractivity contribution in [1.29, 1.82) is 0 Å². The van der Waals surface area contributed by atoms with Crippen LogP contribution < -0.4 is 19.1 Å². The molecule has 1 N–H and O–H groups in total. The fourth-order valence-corrected chi connectivity index (χ4v) is 5.07. The molecule has 1 unspecified atom stereocenters. The third-order valence-corrected chi connectivity index (χ3v) is 7.06. The molecule has 0 aromatic heterocycles. The number of amides is 2. The predicted molar refractivity (Wildman–Crippen MR) is 150 cm³/mol. The second-order valence-electron chi connectivity index (χ2n) is 10.2. The number of hydrogen-bond acceptors (Lipinski definition) is 6. The minimum atomic E-state index is -3.60. The van der Waals surface area contributed by atoms with Crippen LogP contribution in [0.2, 0.25) is 0 Å². The lowest BCUT2D eigenvalue weighted by atomic mass is 10.0. The highest BCUT2D eigenvalue weighted by atomic mass is 32.2. The molecule has 9 nitrogen and oxygen atoms in total. The summed E-state index contributed by atoms with van der Waals surface area (Å²) in [7, 11) is -0.511. The van der Waals surface area contributed by atoms with Crippen molar-refractivity contribution in [2.24, 2.45) is 0 Å². The van der Waals surface area contributed by atoms with E-state index in [4.69, 9.17) is 9.47 Å². The molecular formula is C28H41N3O6S. The molecule has 0 spiro atoms. The number of carbonyl (C=O) groups excluding carboxylic acids is 2. The first-order chi connectivity index (χ1) is 17.8. The van der Waals surface area contributed by atoms with Crippen LogP contribution in [0.25, 0.3) is 0 Å². The first-order valence-electron chi connectivity index (χ1n) is 12.6. The molecule has 2 aromatic carbocycles. The normalized spacial score (nSPS) is 12.4. The van der Waals surface area contributed by atoms with E-state index in [1.54, 1.807) is 36.3 Å². The Morgan fingerprint density at radius 3 is 2.16 bits per heavy atom. The van der Waals surface area contributed by atoms with Crippen molar-refractivity contribution in [3.05, 3.63) is 54.1 Å². The van der Waals surface area contributed by atoms with E-state index < -0.39 is 21.6 Å². The summed E-state index contributed by atoms with van der Waals surface area (Å²) >= 11 is 0. The number of nitrogens with one attached hydrogen (secondary N) is 1. The van der Waals surface area contributed by atoms with E-state index >= 15 is 0 Å². The zero-order chi connectivity index (χ0) is 28.5. The van der Waals surface area contributed by atoms with E-state index in [0.717, 1.165) is 11.8 Å². The Hall–Kier alpha value is -3.27. The summed E-state index contributed by atoms with van der Waals surface area (Å²) in [6, 6.07) is 13.5. The van der Waals surface area contributed by atoms with Crippen molar-refractivity contribution in [1.82, 2.24) is 10.2 Å². The van der Waals surface area contributed by atoms with E-state index in [1.165, 1.54) is 11.4 Å². The predicted octanol–water partition coefficient (Wildman–Crippen LogP) is 3.97. The highest BCUT2D eigenvalue weighted by Gasteiger charge is 2.31. The molecule has 0 aliphatic carbocycles. The lowest BCUT2D eigenvalue weighted by molar-refractivity contribution is -0.142. The van der Waals surface area contributed by atoms with Crippen LogP contribution in [-0.2, 0) is 26.2 Å². The summed E-state index contributed by atoms with van der Waals surface area (Å²) < 4.78 is 36.9. The third kappa shape index (κ3) is 9.24. The van der Waals surface area contributed by atoms with Crippen LogP contribution in [0.15, 0.2) is 48.5 Å². The smallest absolute Gasteiger partial charge is 0.243 e. The Morgan fingerprint density at radius 2 is 1.61 bits per heavy atom. The summed E-state index contributed by atoms with van der Waals surface area (Å²) in [6.07, 6.45) is 1.90. The minimum Gasteiger partial charge on any atom is -0.497 e. The average Bonchev–Trinajstić information content (AvgIpc) is 2.84. The maximum atomic E-state index is 13.6. The molecule has 2 aromatic rings. The van der Waals surface area contributed by atoms with Crippen molar-refractivity contribution < 1.29 is 27.5 Å². The molecule has 0 heterocycles. The third-order valence-electron chi connectivity index (χ3n) is 5.86. The fourth-order valence-electron chi connectivity index (χ4n) is 4.11. The number of sulfonamides is 1. The molecule has 2 amide bonds. The standard InChI is InChI=1S/C28H41N3O6S/c1-8-25(27(33)29-28(2,3)4)30(20-21-12-9-14-23(18-21)36-5)26(32)16-11-17-31(38(7,34)35)22-13-10-15-24(19-22)37-6/h9-10,12-15,18-19,25H,8,11,16-17,20H2,1-7H3,(H,29,33). The van der Waals surface area contributed by atoms with E-state index in [0.29, 0.717) is 23.6 Å². The molecule has 0 radical (unpaired) electrons. The Balaban J connectivity index is 2.27. The van der Waals surface area contributed by atoms with Gasteiger partial charge in [-0.15, -0.1) is 0 Å². The fraction of sp³-hybridized carbons (Fsp3) is 0.500. The maximum absolute atomic E-state index is 13.6. The maximum Gasteiger partial charge on any atom is 0.243 e. The number of hydrogen-bond donors (Lipinski definition) is 1. The van der Waals surface area contributed by atoms with Gasteiger partial charge >= 0.3 is 0 Å². The van der Waals surface area contributed by atoms with Crippen molar-refractivity contribution in [3.63, 3.8) is 0 Å². The van der Waals surface area contributed by atoms with Crippen molar-refractivity contribution >= 4 is 27.5 Å². The first kappa shape index (κ1) is 31.0. The van der Waals surface area contributed by atoms with Crippen molar-refractivity contribution in [2.75, 3.05) is 31.3 Å². The van der Waals surface area contributed by atoms with Gasteiger partial charge < -0.3 is 19.7 Å². The molecule has 0 saturated carbocycles. The van der Waals surface area contributed by atoms with Gasteiger partial charge in [-0.25, -0.2) is 8.42 Å². The molecule has 0 fully saturated rings. The van der Waals surface area contributed by atoms with Gasteiger partial charge in [-0.05, 0) is 63.4 Å². The number of anilines is 1. The summed E-state index contributed by atoms with van der Waals surface area (Å²) in [5.74, 6) is 0.727. The molecule has 0 aliphatic heterocycles. The van der Waals surface area contributed by atoms with Crippen LogP contribution in [0.5, 0.6) is 11.5 Å². The highest BCUT2D eigenvalue weighted by Crippen LogP contribution is 2.24. The number of rotatable bonds is 13.